The molecule has 2 amide bonds. The van der Waals surface area contributed by atoms with Crippen molar-refractivity contribution in [3.05, 3.63) is 46.1 Å². The van der Waals surface area contributed by atoms with Gasteiger partial charge < -0.3 is 8.83 Å². The number of rotatable bonds is 3. The molecule has 0 bridgehead atoms. The Hall–Kier alpha value is -3.44. The Balaban J connectivity index is 1.77. The van der Waals surface area contributed by atoms with Crippen molar-refractivity contribution in [2.45, 2.75) is 13.8 Å². The molecule has 0 saturated carbocycles. The molecule has 0 atom stereocenters. The van der Waals surface area contributed by atoms with Crippen LogP contribution in [0.5, 0.6) is 0 Å². The smallest absolute Gasteiger partial charge is 0.271 e. The maximum Gasteiger partial charge on any atom is 0.271 e. The lowest BCUT2D eigenvalue weighted by molar-refractivity contribution is -0.140. The summed E-state index contributed by atoms with van der Waals surface area (Å²) in [6.07, 6.45) is 1.51. The third-order valence-electron chi connectivity index (χ3n) is 4.27. The predicted molar refractivity (Wildman–Crippen MR) is 98.3 cm³/mol. The van der Waals surface area contributed by atoms with Gasteiger partial charge in [-0.3, -0.25) is 14.5 Å². The summed E-state index contributed by atoms with van der Waals surface area (Å²) in [5.41, 5.74) is 1.30. The van der Waals surface area contributed by atoms with Crippen LogP contribution in [0.1, 0.15) is 19.6 Å². The molecule has 3 aromatic rings. The lowest BCUT2D eigenvalue weighted by atomic mass is 9.95. The predicted octanol–water partition coefficient (Wildman–Crippen LogP) is 3.76. The zero-order chi connectivity index (χ0) is 19.1. The molecular formula is C19H13N3O4S. The first-order valence-corrected chi connectivity index (χ1v) is 9.05. The molecule has 0 radical (unpaired) electrons. The van der Waals surface area contributed by atoms with E-state index in [2.05, 4.69) is 4.98 Å². The molecule has 8 heteroatoms. The average molecular weight is 379 g/mol. The van der Waals surface area contributed by atoms with Gasteiger partial charge in [0.15, 0.2) is 5.58 Å². The van der Waals surface area contributed by atoms with Gasteiger partial charge in [0.1, 0.15) is 17.4 Å². The van der Waals surface area contributed by atoms with Crippen LogP contribution < -0.4 is 0 Å². The summed E-state index contributed by atoms with van der Waals surface area (Å²) in [5.74, 6) is -0.203. The largest absolute Gasteiger partial charge is 0.436 e. The third-order valence-corrected chi connectivity index (χ3v) is 5.13. The van der Waals surface area contributed by atoms with E-state index in [-0.39, 0.29) is 17.7 Å². The first-order valence-electron chi connectivity index (χ1n) is 8.17. The number of likely N-dealkylation sites (N-methyl/N-ethyl adjacent to an activating group) is 1. The lowest BCUT2D eigenvalue weighted by Crippen LogP contribution is -2.42. The molecule has 0 fully saturated rings. The number of oxazole rings is 1. The highest BCUT2D eigenvalue weighted by Crippen LogP contribution is 2.32. The molecule has 0 aliphatic carbocycles. The Morgan fingerprint density at radius 3 is 2.78 bits per heavy atom. The average Bonchev–Trinajstić information content (AvgIpc) is 3.35. The second-order valence-corrected chi connectivity index (χ2v) is 6.79. The summed E-state index contributed by atoms with van der Waals surface area (Å²) >= 11 is 1.50. The van der Waals surface area contributed by atoms with Crippen molar-refractivity contribution in [2.75, 3.05) is 6.54 Å². The van der Waals surface area contributed by atoms with Crippen LogP contribution in [-0.4, -0.2) is 28.2 Å². The third kappa shape index (κ3) is 2.69. The first kappa shape index (κ1) is 17.0. The Labute approximate surface area is 157 Å². The molecule has 0 spiro atoms. The van der Waals surface area contributed by atoms with Gasteiger partial charge in [0.2, 0.25) is 5.89 Å². The number of furan rings is 1. The van der Waals surface area contributed by atoms with Gasteiger partial charge in [-0.2, -0.15) is 10.2 Å². The van der Waals surface area contributed by atoms with E-state index in [1.54, 1.807) is 19.9 Å². The molecule has 0 unspecified atom stereocenters. The monoisotopic (exact) mass is 379 g/mol. The number of nitriles is 1. The van der Waals surface area contributed by atoms with Crippen LogP contribution >= 0.6 is 11.3 Å². The van der Waals surface area contributed by atoms with Gasteiger partial charge in [-0.15, -0.1) is 11.3 Å². The van der Waals surface area contributed by atoms with Gasteiger partial charge in [0.05, 0.1) is 4.88 Å². The molecule has 4 heterocycles. The summed E-state index contributed by atoms with van der Waals surface area (Å²) in [7, 11) is 0. The van der Waals surface area contributed by atoms with Gasteiger partial charge in [-0.05, 0) is 36.9 Å². The Morgan fingerprint density at radius 1 is 1.33 bits per heavy atom. The molecule has 0 aromatic carbocycles. The fourth-order valence-electron chi connectivity index (χ4n) is 2.89. The fourth-order valence-corrected chi connectivity index (χ4v) is 3.54. The normalized spacial score (nSPS) is 16.6. The number of carbonyl (C=O) groups excluding carboxylic acids is 2. The van der Waals surface area contributed by atoms with E-state index in [0.29, 0.717) is 28.5 Å². The highest BCUT2D eigenvalue weighted by atomic mass is 32.1. The molecule has 27 heavy (non-hydrogen) atoms. The Kier molecular flexibility index (Phi) is 4.01. The first-order chi connectivity index (χ1) is 13.0. The van der Waals surface area contributed by atoms with Gasteiger partial charge in [0.25, 0.3) is 17.5 Å². The molecule has 3 aromatic heterocycles. The van der Waals surface area contributed by atoms with Gasteiger partial charge in [-0.1, -0.05) is 6.07 Å². The van der Waals surface area contributed by atoms with Crippen LogP contribution in [0.15, 0.2) is 49.1 Å². The van der Waals surface area contributed by atoms with Crippen LogP contribution in [0.2, 0.25) is 0 Å². The standard InChI is InChI=1S/C19H13N3O4S/c1-3-22-18(23)12(10(2)13(9-20)19(22)24)7-11-8-14-16(25-11)21-17(26-14)15-5-4-6-27-15/h4-8H,3H2,1-2H3/b12-7-. The minimum Gasteiger partial charge on any atom is -0.436 e. The van der Waals surface area contributed by atoms with Crippen molar-refractivity contribution in [3.63, 3.8) is 0 Å². The summed E-state index contributed by atoms with van der Waals surface area (Å²) in [6, 6.07) is 7.31. The molecule has 1 aliphatic heterocycles. The van der Waals surface area contributed by atoms with Crippen LogP contribution in [0.25, 0.3) is 28.1 Å². The summed E-state index contributed by atoms with van der Waals surface area (Å²) < 4.78 is 11.4. The summed E-state index contributed by atoms with van der Waals surface area (Å²) in [4.78, 5) is 31.1. The molecule has 1 aliphatic rings. The Morgan fingerprint density at radius 2 is 2.15 bits per heavy atom. The fraction of sp³-hybridized carbons (Fsp3) is 0.158. The minimum absolute atomic E-state index is 0.0453. The number of amides is 2. The number of hydrogen-bond donors (Lipinski definition) is 0. The van der Waals surface area contributed by atoms with E-state index >= 15 is 0 Å². The highest BCUT2D eigenvalue weighted by Gasteiger charge is 2.34. The quantitative estimate of drug-likeness (QED) is 0.507. The number of aromatic nitrogens is 1. The van der Waals surface area contributed by atoms with Crippen LogP contribution in [0.3, 0.4) is 0 Å². The number of fused-ring (bicyclic) bond motifs is 1. The summed E-state index contributed by atoms with van der Waals surface area (Å²) in [5, 5.41) is 11.2. The number of thiophene rings is 1. The summed E-state index contributed by atoms with van der Waals surface area (Å²) in [6.45, 7) is 3.44. The maximum absolute atomic E-state index is 12.6. The Bertz CT molecular complexity index is 1140. The van der Waals surface area contributed by atoms with Crippen molar-refractivity contribution in [1.29, 1.82) is 5.26 Å². The van der Waals surface area contributed by atoms with Gasteiger partial charge in [0, 0.05) is 18.2 Å². The van der Waals surface area contributed by atoms with Crippen LogP contribution in [0, 0.1) is 11.3 Å². The van der Waals surface area contributed by atoms with E-state index in [0.717, 1.165) is 9.78 Å². The number of carbonyl (C=O) groups is 2. The minimum atomic E-state index is -0.574. The second kappa shape index (κ2) is 6.37. The molecule has 134 valence electrons. The highest BCUT2D eigenvalue weighted by molar-refractivity contribution is 7.13. The van der Waals surface area contributed by atoms with Gasteiger partial charge in [-0.25, -0.2) is 0 Å². The molecule has 7 nitrogen and oxygen atoms in total. The van der Waals surface area contributed by atoms with E-state index in [1.807, 2.05) is 23.6 Å². The zero-order valence-corrected chi connectivity index (χ0v) is 15.3. The molecule has 4 rings (SSSR count). The number of hydrogen-bond acceptors (Lipinski definition) is 7. The number of nitrogens with zero attached hydrogens (tertiary/aromatic N) is 3. The van der Waals surface area contributed by atoms with Crippen LogP contribution in [0.4, 0.5) is 0 Å². The van der Waals surface area contributed by atoms with Crippen molar-refractivity contribution in [1.82, 2.24) is 9.88 Å². The van der Waals surface area contributed by atoms with E-state index in [4.69, 9.17) is 8.83 Å². The zero-order valence-electron chi connectivity index (χ0n) is 14.5. The van der Waals surface area contributed by atoms with Crippen molar-refractivity contribution < 1.29 is 18.4 Å². The molecule has 0 N–H and O–H groups in total. The van der Waals surface area contributed by atoms with Crippen LogP contribution in [-0.2, 0) is 9.59 Å². The second-order valence-electron chi connectivity index (χ2n) is 5.84. The number of imide groups is 1. The molecule has 0 saturated heterocycles. The van der Waals surface area contributed by atoms with Crippen molar-refractivity contribution >= 4 is 40.5 Å². The SMILES string of the molecule is CCN1C(=O)C(C#N)=C(C)/C(=C/c2cc3oc(-c4cccs4)nc3o2)C1=O. The van der Waals surface area contributed by atoms with E-state index in [1.165, 1.54) is 17.4 Å². The van der Waals surface area contributed by atoms with Crippen molar-refractivity contribution in [3.8, 4) is 16.8 Å². The molecular weight excluding hydrogens is 366 g/mol. The van der Waals surface area contributed by atoms with Crippen molar-refractivity contribution in [2.24, 2.45) is 0 Å². The van der Waals surface area contributed by atoms with E-state index in [9.17, 15) is 14.9 Å². The van der Waals surface area contributed by atoms with E-state index < -0.39 is 11.8 Å². The lowest BCUT2D eigenvalue weighted by Gasteiger charge is -2.25. The topological polar surface area (TPSA) is 100 Å². The maximum atomic E-state index is 12.6. The van der Waals surface area contributed by atoms with Gasteiger partial charge >= 0.3 is 0 Å².